The second kappa shape index (κ2) is 8.14. The predicted molar refractivity (Wildman–Crippen MR) is 107 cm³/mol. The zero-order chi connectivity index (χ0) is 19.7. The van der Waals surface area contributed by atoms with E-state index in [4.69, 9.17) is 4.74 Å². The molecule has 0 unspecified atom stereocenters. The molecule has 8 heteroatoms. The fourth-order valence-corrected chi connectivity index (χ4v) is 7.61. The Hall–Kier alpha value is -1.41. The van der Waals surface area contributed by atoms with E-state index in [1.54, 1.807) is 4.90 Å². The van der Waals surface area contributed by atoms with Crippen molar-refractivity contribution in [1.82, 2.24) is 4.90 Å². The molecule has 2 fully saturated rings. The number of hydrogen-bond donors (Lipinski definition) is 0. The van der Waals surface area contributed by atoms with Crippen LogP contribution in [0.2, 0.25) is 0 Å². The lowest BCUT2D eigenvalue weighted by Gasteiger charge is -2.33. The van der Waals surface area contributed by atoms with E-state index in [0.717, 1.165) is 51.4 Å². The number of thiophene rings is 1. The van der Waals surface area contributed by atoms with Gasteiger partial charge >= 0.3 is 5.97 Å². The lowest BCUT2D eigenvalue weighted by atomic mass is 9.99. The maximum atomic E-state index is 12.9. The quantitative estimate of drug-likeness (QED) is 0.678. The average Bonchev–Trinajstić information content (AvgIpc) is 3.39. The minimum atomic E-state index is -3.08. The Morgan fingerprint density at radius 3 is 2.50 bits per heavy atom. The molecule has 1 atom stereocenters. The normalized spacial score (nSPS) is 24.1. The van der Waals surface area contributed by atoms with Gasteiger partial charge in [-0.3, -0.25) is 4.79 Å². The summed E-state index contributed by atoms with van der Waals surface area (Å²) in [6, 6.07) is 1.69. The monoisotopic (exact) mass is 425 g/mol. The molecule has 1 saturated carbocycles. The number of amides is 1. The number of aryl methyl sites for hydroxylation is 2. The van der Waals surface area contributed by atoms with Gasteiger partial charge in [0.2, 0.25) is 0 Å². The summed E-state index contributed by atoms with van der Waals surface area (Å²) in [5.74, 6) is -0.544. The van der Waals surface area contributed by atoms with Crippen LogP contribution in [0.3, 0.4) is 0 Å². The van der Waals surface area contributed by atoms with Crippen molar-refractivity contribution in [2.24, 2.45) is 0 Å². The van der Waals surface area contributed by atoms with Crippen molar-refractivity contribution < 1.29 is 22.7 Å². The smallest absolute Gasteiger partial charge is 0.348 e. The van der Waals surface area contributed by atoms with Crippen molar-refractivity contribution in [3.8, 4) is 0 Å². The highest BCUT2D eigenvalue weighted by Crippen LogP contribution is 2.31. The van der Waals surface area contributed by atoms with Crippen LogP contribution in [0.25, 0.3) is 0 Å². The molecule has 4 rings (SSSR count). The van der Waals surface area contributed by atoms with Crippen LogP contribution >= 0.6 is 11.3 Å². The standard InChI is InChI=1S/C20H27NO5S2/c22-19(12-26-20(23)18-11-14-5-1-4-8-17(14)27-18)21(15-6-2-3-7-15)16-9-10-28(24,25)13-16/h11,15-16H,1-10,12-13H2/t16-/m0/s1. The molecule has 1 saturated heterocycles. The van der Waals surface area contributed by atoms with Crippen LogP contribution < -0.4 is 0 Å². The van der Waals surface area contributed by atoms with E-state index in [0.29, 0.717) is 11.3 Å². The minimum Gasteiger partial charge on any atom is -0.451 e. The Bertz CT molecular complexity index is 830. The number of carbonyl (C=O) groups excluding carboxylic acids is 2. The number of carbonyl (C=O) groups is 2. The molecule has 28 heavy (non-hydrogen) atoms. The van der Waals surface area contributed by atoms with Crippen molar-refractivity contribution in [3.63, 3.8) is 0 Å². The van der Waals surface area contributed by atoms with Gasteiger partial charge in [0.1, 0.15) is 4.88 Å². The molecular formula is C20H27NO5S2. The van der Waals surface area contributed by atoms with Gasteiger partial charge < -0.3 is 9.64 Å². The second-order valence-electron chi connectivity index (χ2n) is 8.14. The third-order valence-electron chi connectivity index (χ3n) is 6.13. The highest BCUT2D eigenvalue weighted by molar-refractivity contribution is 7.91. The molecule has 0 bridgehead atoms. The van der Waals surface area contributed by atoms with E-state index < -0.39 is 15.8 Å². The summed E-state index contributed by atoms with van der Waals surface area (Å²) in [6.45, 7) is -0.311. The molecule has 0 spiro atoms. The second-order valence-corrected chi connectivity index (χ2v) is 11.5. The van der Waals surface area contributed by atoms with Crippen LogP contribution in [-0.2, 0) is 32.2 Å². The molecule has 0 N–H and O–H groups in total. The van der Waals surface area contributed by atoms with E-state index in [-0.39, 0.29) is 36.1 Å². The van der Waals surface area contributed by atoms with Gasteiger partial charge in [-0.25, -0.2) is 13.2 Å². The SMILES string of the molecule is O=C(OCC(=O)N(C1CCCC1)[C@H]1CCS(=O)(=O)C1)c1cc2c(s1)CCCC2. The molecule has 1 aromatic rings. The van der Waals surface area contributed by atoms with Gasteiger partial charge in [0.15, 0.2) is 16.4 Å². The topological polar surface area (TPSA) is 80.8 Å². The Labute approximate surface area is 170 Å². The van der Waals surface area contributed by atoms with Crippen molar-refractivity contribution in [3.05, 3.63) is 21.4 Å². The van der Waals surface area contributed by atoms with Crippen LogP contribution in [0.15, 0.2) is 6.07 Å². The first-order chi connectivity index (χ1) is 13.4. The fourth-order valence-electron chi connectivity index (χ4n) is 4.75. The molecule has 3 aliphatic rings. The first-order valence-electron chi connectivity index (χ1n) is 10.2. The number of ether oxygens (including phenoxy) is 1. The highest BCUT2D eigenvalue weighted by Gasteiger charge is 2.39. The number of nitrogens with zero attached hydrogens (tertiary/aromatic N) is 1. The third kappa shape index (κ3) is 4.27. The molecule has 1 aliphatic heterocycles. The Kier molecular flexibility index (Phi) is 5.78. The van der Waals surface area contributed by atoms with Gasteiger partial charge in [0, 0.05) is 17.0 Å². The van der Waals surface area contributed by atoms with Crippen LogP contribution in [0.5, 0.6) is 0 Å². The average molecular weight is 426 g/mol. The van der Waals surface area contributed by atoms with E-state index >= 15 is 0 Å². The van der Waals surface area contributed by atoms with Gasteiger partial charge in [0.05, 0.1) is 11.5 Å². The molecule has 1 aromatic heterocycles. The third-order valence-corrected chi connectivity index (χ3v) is 9.10. The van der Waals surface area contributed by atoms with Crippen molar-refractivity contribution >= 4 is 33.1 Å². The zero-order valence-corrected chi connectivity index (χ0v) is 17.7. The summed E-state index contributed by atoms with van der Waals surface area (Å²) < 4.78 is 29.2. The maximum Gasteiger partial charge on any atom is 0.348 e. The Balaban J connectivity index is 1.41. The lowest BCUT2D eigenvalue weighted by Crippen LogP contribution is -2.48. The molecule has 0 radical (unpaired) electrons. The van der Waals surface area contributed by atoms with E-state index in [1.165, 1.54) is 21.8 Å². The highest BCUT2D eigenvalue weighted by atomic mass is 32.2. The van der Waals surface area contributed by atoms with Crippen LogP contribution in [0.4, 0.5) is 0 Å². The Morgan fingerprint density at radius 2 is 1.82 bits per heavy atom. The van der Waals surface area contributed by atoms with Crippen molar-refractivity contribution in [1.29, 1.82) is 0 Å². The van der Waals surface area contributed by atoms with Crippen LogP contribution in [0.1, 0.15) is 65.1 Å². The van der Waals surface area contributed by atoms with Gasteiger partial charge in [-0.1, -0.05) is 12.8 Å². The zero-order valence-electron chi connectivity index (χ0n) is 16.0. The minimum absolute atomic E-state index is 0.0286. The molecule has 2 heterocycles. The molecule has 1 amide bonds. The summed E-state index contributed by atoms with van der Waals surface area (Å²) in [4.78, 5) is 28.9. The number of esters is 1. The van der Waals surface area contributed by atoms with Gasteiger partial charge in [0.25, 0.3) is 5.91 Å². The number of sulfone groups is 1. The van der Waals surface area contributed by atoms with E-state index in [1.807, 2.05) is 6.07 Å². The van der Waals surface area contributed by atoms with Crippen molar-refractivity contribution in [2.75, 3.05) is 18.1 Å². The molecule has 0 aromatic carbocycles. The van der Waals surface area contributed by atoms with Crippen LogP contribution in [-0.4, -0.2) is 55.4 Å². The van der Waals surface area contributed by atoms with Gasteiger partial charge in [-0.2, -0.15) is 0 Å². The molecular weight excluding hydrogens is 398 g/mol. The number of fused-ring (bicyclic) bond motifs is 1. The van der Waals surface area contributed by atoms with Gasteiger partial charge in [-0.15, -0.1) is 11.3 Å². The first-order valence-corrected chi connectivity index (χ1v) is 12.9. The molecule has 6 nitrogen and oxygen atoms in total. The Morgan fingerprint density at radius 1 is 1.07 bits per heavy atom. The molecule has 154 valence electrons. The van der Waals surface area contributed by atoms with Crippen LogP contribution in [0, 0.1) is 0 Å². The summed E-state index contributed by atoms with van der Waals surface area (Å²) in [7, 11) is -3.08. The van der Waals surface area contributed by atoms with Crippen molar-refractivity contribution in [2.45, 2.75) is 69.9 Å². The largest absolute Gasteiger partial charge is 0.451 e. The number of hydrogen-bond acceptors (Lipinski definition) is 6. The summed E-state index contributed by atoms with van der Waals surface area (Å²) in [6.07, 6.45) is 8.70. The number of rotatable bonds is 5. The van der Waals surface area contributed by atoms with E-state index in [9.17, 15) is 18.0 Å². The summed E-state index contributed by atoms with van der Waals surface area (Å²) in [5.41, 5.74) is 1.23. The van der Waals surface area contributed by atoms with E-state index in [2.05, 4.69) is 0 Å². The fraction of sp³-hybridized carbons (Fsp3) is 0.700. The lowest BCUT2D eigenvalue weighted by molar-refractivity contribution is -0.139. The predicted octanol–water partition coefficient (Wildman–Crippen LogP) is 2.74. The van der Waals surface area contributed by atoms with Gasteiger partial charge in [-0.05, 0) is 56.6 Å². The summed E-state index contributed by atoms with van der Waals surface area (Å²) >= 11 is 1.48. The summed E-state index contributed by atoms with van der Waals surface area (Å²) in [5, 5.41) is 0. The molecule has 2 aliphatic carbocycles. The maximum absolute atomic E-state index is 12.9. The first kappa shape index (κ1) is 19.9.